The molecule has 2 rings (SSSR count). The van der Waals surface area contributed by atoms with Gasteiger partial charge in [0, 0.05) is 12.1 Å². The molecule has 158 valence electrons. The molecule has 0 radical (unpaired) electrons. The number of hydrogen-bond acceptors (Lipinski definition) is 9. The van der Waals surface area contributed by atoms with Gasteiger partial charge in [0.25, 0.3) is 5.69 Å². The maximum Gasteiger partial charge on any atom is 0.303 e. The Morgan fingerprint density at radius 2 is 1.87 bits per heavy atom. The molecule has 30 heavy (non-hydrogen) atoms. The van der Waals surface area contributed by atoms with Crippen LogP contribution in [0.1, 0.15) is 13.3 Å². The standard InChI is InChI=1S/C17H16N4O8S/c1-10(22)8-16(23)18-12-7-6-11(29-2)9-14(12)20-19-13-4-3-5-15(21(24)25)17(13)30(26,27)28/h3-7,9H,8H2,1-2H3,(H,18,23)(H,26,27,28). The Hall–Kier alpha value is -3.71. The fourth-order valence-corrected chi connectivity index (χ4v) is 3.13. The van der Waals surface area contributed by atoms with Gasteiger partial charge in [0.1, 0.15) is 22.9 Å². The number of anilines is 1. The van der Waals surface area contributed by atoms with E-state index in [1.807, 2.05) is 0 Å². The lowest BCUT2D eigenvalue weighted by Gasteiger charge is -2.09. The van der Waals surface area contributed by atoms with E-state index in [2.05, 4.69) is 15.5 Å². The highest BCUT2D eigenvalue weighted by Crippen LogP contribution is 2.36. The van der Waals surface area contributed by atoms with Gasteiger partial charge in [-0.15, -0.1) is 10.2 Å². The molecule has 12 nitrogen and oxygen atoms in total. The van der Waals surface area contributed by atoms with Crippen LogP contribution in [0.4, 0.5) is 22.7 Å². The average molecular weight is 436 g/mol. The van der Waals surface area contributed by atoms with Crippen molar-refractivity contribution in [1.82, 2.24) is 0 Å². The Kier molecular flexibility index (Phi) is 6.92. The Morgan fingerprint density at radius 3 is 2.43 bits per heavy atom. The summed E-state index contributed by atoms with van der Waals surface area (Å²) in [6, 6.07) is 7.44. The molecule has 0 aromatic heterocycles. The second-order valence-electron chi connectivity index (χ2n) is 5.87. The number of ether oxygens (including phenoxy) is 1. The number of hydrogen-bond donors (Lipinski definition) is 2. The molecule has 0 saturated heterocycles. The van der Waals surface area contributed by atoms with Crippen LogP contribution in [0.2, 0.25) is 0 Å². The molecule has 1 amide bonds. The predicted octanol–water partition coefficient (Wildman–Crippen LogP) is 3.18. The lowest BCUT2D eigenvalue weighted by atomic mass is 10.2. The quantitative estimate of drug-likeness (QED) is 0.208. The molecule has 0 aliphatic heterocycles. The van der Waals surface area contributed by atoms with Crippen LogP contribution in [-0.2, 0) is 19.7 Å². The Labute approximate surface area is 170 Å². The molecule has 0 atom stereocenters. The fourth-order valence-electron chi connectivity index (χ4n) is 2.35. The third-order valence-electron chi connectivity index (χ3n) is 3.58. The molecular formula is C17H16N4O8S. The smallest absolute Gasteiger partial charge is 0.303 e. The highest BCUT2D eigenvalue weighted by Gasteiger charge is 2.28. The van der Waals surface area contributed by atoms with Crippen LogP contribution in [0.15, 0.2) is 51.5 Å². The number of carbonyl (C=O) groups excluding carboxylic acids is 2. The van der Waals surface area contributed by atoms with Crippen molar-refractivity contribution < 1.29 is 32.2 Å². The summed E-state index contributed by atoms with van der Waals surface area (Å²) in [5.41, 5.74) is -1.23. The molecule has 2 aromatic carbocycles. The summed E-state index contributed by atoms with van der Waals surface area (Å²) in [5, 5.41) is 21.1. The zero-order valence-corrected chi connectivity index (χ0v) is 16.5. The van der Waals surface area contributed by atoms with Gasteiger partial charge in [-0.1, -0.05) is 6.07 Å². The average Bonchev–Trinajstić information content (AvgIpc) is 2.65. The van der Waals surface area contributed by atoms with Gasteiger partial charge in [0.15, 0.2) is 4.90 Å². The Balaban J connectivity index is 2.54. The van der Waals surface area contributed by atoms with Crippen LogP contribution in [0, 0.1) is 10.1 Å². The normalized spacial score (nSPS) is 11.3. The molecule has 0 bridgehead atoms. The van der Waals surface area contributed by atoms with Crippen LogP contribution >= 0.6 is 0 Å². The lowest BCUT2D eigenvalue weighted by molar-refractivity contribution is -0.387. The van der Waals surface area contributed by atoms with E-state index in [1.54, 1.807) is 0 Å². The first-order valence-corrected chi connectivity index (χ1v) is 9.61. The lowest BCUT2D eigenvalue weighted by Crippen LogP contribution is -2.14. The van der Waals surface area contributed by atoms with E-state index in [0.29, 0.717) is 5.75 Å². The van der Waals surface area contributed by atoms with Crippen molar-refractivity contribution in [2.24, 2.45) is 10.2 Å². The van der Waals surface area contributed by atoms with Crippen LogP contribution in [0.3, 0.4) is 0 Å². The molecule has 0 saturated carbocycles. The summed E-state index contributed by atoms with van der Waals surface area (Å²) in [6.07, 6.45) is -0.375. The van der Waals surface area contributed by atoms with E-state index in [0.717, 1.165) is 12.1 Å². The number of nitro groups is 1. The molecule has 0 heterocycles. The molecule has 13 heteroatoms. The first-order chi connectivity index (χ1) is 14.0. The van der Waals surface area contributed by atoms with E-state index in [9.17, 15) is 32.7 Å². The third kappa shape index (κ3) is 5.65. The van der Waals surface area contributed by atoms with Gasteiger partial charge in [-0.25, -0.2) is 0 Å². The monoisotopic (exact) mass is 436 g/mol. The molecular weight excluding hydrogens is 420 g/mol. The summed E-state index contributed by atoms with van der Waals surface area (Å²) >= 11 is 0. The van der Waals surface area contributed by atoms with Gasteiger partial charge < -0.3 is 10.1 Å². The number of benzene rings is 2. The highest BCUT2D eigenvalue weighted by molar-refractivity contribution is 7.86. The summed E-state index contributed by atoms with van der Waals surface area (Å²) in [7, 11) is -3.62. The Morgan fingerprint density at radius 1 is 1.20 bits per heavy atom. The number of nitrogens with zero attached hydrogens (tertiary/aromatic N) is 3. The number of azo groups is 1. The number of nitro benzene ring substituents is 1. The summed E-state index contributed by atoms with van der Waals surface area (Å²) in [5.74, 6) is -0.653. The topological polar surface area (TPSA) is 178 Å². The maximum absolute atomic E-state index is 11.9. The van der Waals surface area contributed by atoms with Crippen molar-refractivity contribution in [2.45, 2.75) is 18.2 Å². The number of methoxy groups -OCH3 is 1. The summed E-state index contributed by atoms with van der Waals surface area (Å²) in [4.78, 5) is 32.1. The van der Waals surface area contributed by atoms with Crippen molar-refractivity contribution in [2.75, 3.05) is 12.4 Å². The fraction of sp³-hybridized carbons (Fsp3) is 0.176. The minimum absolute atomic E-state index is 0.0130. The number of Topliss-reactive ketones (excluding diaryl/α,β-unsaturated/α-hetero) is 1. The second kappa shape index (κ2) is 9.19. The van der Waals surface area contributed by atoms with Crippen molar-refractivity contribution in [3.8, 4) is 5.75 Å². The first kappa shape index (κ1) is 22.6. The molecule has 2 N–H and O–H groups in total. The van der Waals surface area contributed by atoms with Gasteiger partial charge in [0.05, 0.1) is 24.1 Å². The van der Waals surface area contributed by atoms with Crippen LogP contribution in [0.5, 0.6) is 5.75 Å². The third-order valence-corrected chi connectivity index (χ3v) is 4.52. The van der Waals surface area contributed by atoms with E-state index in [-0.39, 0.29) is 23.6 Å². The van der Waals surface area contributed by atoms with E-state index in [1.165, 1.54) is 38.3 Å². The number of carbonyl (C=O) groups is 2. The van der Waals surface area contributed by atoms with Crippen LogP contribution in [-0.4, -0.2) is 36.7 Å². The zero-order valence-electron chi connectivity index (χ0n) is 15.7. The molecule has 0 fully saturated rings. The van der Waals surface area contributed by atoms with Crippen LogP contribution < -0.4 is 10.1 Å². The molecule has 0 unspecified atom stereocenters. The van der Waals surface area contributed by atoms with Crippen molar-refractivity contribution >= 4 is 44.6 Å². The number of rotatable bonds is 8. The predicted molar refractivity (Wildman–Crippen MR) is 104 cm³/mol. The number of nitrogens with one attached hydrogen (secondary N) is 1. The molecule has 0 aliphatic carbocycles. The van der Waals surface area contributed by atoms with Gasteiger partial charge in [0.2, 0.25) is 5.91 Å². The van der Waals surface area contributed by atoms with E-state index < -0.39 is 37.2 Å². The minimum Gasteiger partial charge on any atom is -0.497 e. The van der Waals surface area contributed by atoms with Crippen LogP contribution in [0.25, 0.3) is 0 Å². The maximum atomic E-state index is 11.9. The van der Waals surface area contributed by atoms with Gasteiger partial charge in [-0.05, 0) is 25.1 Å². The number of ketones is 1. The van der Waals surface area contributed by atoms with Crippen molar-refractivity contribution in [1.29, 1.82) is 0 Å². The molecule has 0 aliphatic rings. The SMILES string of the molecule is COc1ccc(NC(=O)CC(C)=O)c(N=Nc2cccc([N+](=O)[O-])c2S(=O)(=O)O)c1. The molecule has 0 spiro atoms. The van der Waals surface area contributed by atoms with E-state index in [4.69, 9.17) is 4.74 Å². The number of amides is 1. The van der Waals surface area contributed by atoms with E-state index >= 15 is 0 Å². The minimum atomic E-state index is -5.00. The summed E-state index contributed by atoms with van der Waals surface area (Å²) < 4.78 is 37.8. The van der Waals surface area contributed by atoms with Crippen molar-refractivity contribution in [3.05, 3.63) is 46.5 Å². The highest BCUT2D eigenvalue weighted by atomic mass is 32.2. The van der Waals surface area contributed by atoms with Crippen molar-refractivity contribution in [3.63, 3.8) is 0 Å². The Bertz CT molecular complexity index is 1140. The largest absolute Gasteiger partial charge is 0.497 e. The van der Waals surface area contributed by atoms with Gasteiger partial charge >= 0.3 is 10.1 Å². The second-order valence-corrected chi connectivity index (χ2v) is 7.23. The summed E-state index contributed by atoms with van der Waals surface area (Å²) in [6.45, 7) is 1.24. The van der Waals surface area contributed by atoms with Gasteiger partial charge in [-0.3, -0.25) is 24.3 Å². The molecule has 2 aromatic rings. The first-order valence-electron chi connectivity index (χ1n) is 8.17. The zero-order chi connectivity index (χ0) is 22.5. The van der Waals surface area contributed by atoms with Gasteiger partial charge in [-0.2, -0.15) is 8.42 Å².